The Morgan fingerprint density at radius 2 is 1.50 bits per heavy atom. The van der Waals surface area contributed by atoms with Gasteiger partial charge in [-0.3, -0.25) is 35.1 Å². The van der Waals surface area contributed by atoms with Crippen LogP contribution in [-0.2, 0) is 0 Å². The Bertz CT molecular complexity index is 909. The van der Waals surface area contributed by atoms with E-state index in [1.807, 2.05) is 5.43 Å². The smallest absolute Gasteiger partial charge is 0.267 e. The number of carbonyl (C=O) groups excluding carboxylic acids is 1. The summed E-state index contributed by atoms with van der Waals surface area (Å²) in [7, 11) is 0. The third kappa shape index (κ3) is 4.19. The number of hydrogen-bond donors (Lipinski definition) is 1. The summed E-state index contributed by atoms with van der Waals surface area (Å²) in [5.74, 6) is -0.952. The fraction of sp³-hybridized carbons (Fsp3) is 0. The van der Waals surface area contributed by atoms with Crippen LogP contribution in [0, 0.1) is 30.3 Å². The fourth-order valence-corrected chi connectivity index (χ4v) is 1.93. The Hall–Kier alpha value is -4.22. The number of nitrogens with one attached hydrogen (secondary N) is 1. The Morgan fingerprint density at radius 1 is 0.923 bits per heavy atom. The van der Waals surface area contributed by atoms with Gasteiger partial charge < -0.3 is 0 Å². The van der Waals surface area contributed by atoms with E-state index in [1.54, 1.807) is 0 Å². The summed E-state index contributed by atoms with van der Waals surface area (Å²) in [6.45, 7) is 0. The molecule has 2 rings (SSSR count). The number of rotatable bonds is 6. The van der Waals surface area contributed by atoms with Gasteiger partial charge in [0.25, 0.3) is 23.0 Å². The van der Waals surface area contributed by atoms with Crippen molar-refractivity contribution in [3.63, 3.8) is 0 Å². The van der Waals surface area contributed by atoms with Gasteiger partial charge in [0.05, 0.1) is 38.2 Å². The molecule has 0 fully saturated rings. The maximum absolute atomic E-state index is 12.0. The maximum atomic E-state index is 12.0. The number of amides is 1. The highest BCUT2D eigenvalue weighted by atomic mass is 16.6. The second-order valence-corrected chi connectivity index (χ2v) is 4.77. The molecule has 0 aliphatic heterocycles. The zero-order valence-corrected chi connectivity index (χ0v) is 12.8. The molecule has 0 bridgehead atoms. The number of nitrogens with zero attached hydrogens (tertiary/aromatic N) is 4. The normalized spacial score (nSPS) is 10.5. The van der Waals surface area contributed by atoms with E-state index in [0.29, 0.717) is 6.07 Å². The van der Waals surface area contributed by atoms with Crippen LogP contribution in [0.5, 0.6) is 0 Å². The first-order valence-electron chi connectivity index (χ1n) is 6.80. The van der Waals surface area contributed by atoms with Crippen molar-refractivity contribution in [1.29, 1.82) is 0 Å². The van der Waals surface area contributed by atoms with E-state index >= 15 is 0 Å². The summed E-state index contributed by atoms with van der Waals surface area (Å²) in [5, 5.41) is 36.0. The predicted octanol–water partition coefficient (Wildman–Crippen LogP) is 2.18. The van der Waals surface area contributed by atoms with Crippen LogP contribution in [0.1, 0.15) is 15.9 Å². The molecule has 1 N–H and O–H groups in total. The standard InChI is InChI=1S/C14H9N5O7/c20-14(10-5-11(17(21)22)7-12(6-10)18(23)24)16-15-8-9-3-1-2-4-13(9)19(25)26/h1-8H,(H,16,20)/b15-8+. The number of hydrazone groups is 1. The van der Waals surface area contributed by atoms with E-state index in [2.05, 4.69) is 5.10 Å². The molecule has 0 saturated carbocycles. The summed E-state index contributed by atoms with van der Waals surface area (Å²) in [6, 6.07) is 8.04. The SMILES string of the molecule is O=C(N/N=C/c1ccccc1[N+](=O)[O-])c1cc([N+](=O)[O-])cc([N+](=O)[O-])c1. The van der Waals surface area contributed by atoms with Gasteiger partial charge in [0.2, 0.25) is 0 Å². The van der Waals surface area contributed by atoms with Gasteiger partial charge in [-0.05, 0) is 6.07 Å². The fourth-order valence-electron chi connectivity index (χ4n) is 1.93. The minimum Gasteiger partial charge on any atom is -0.267 e. The molecular formula is C14H9N5O7. The summed E-state index contributed by atoms with van der Waals surface area (Å²) >= 11 is 0. The molecule has 12 heteroatoms. The van der Waals surface area contributed by atoms with Gasteiger partial charge in [0.1, 0.15) is 0 Å². The van der Waals surface area contributed by atoms with Crippen LogP contribution in [0.15, 0.2) is 47.6 Å². The third-order valence-electron chi connectivity index (χ3n) is 3.09. The average molecular weight is 359 g/mol. The maximum Gasteiger partial charge on any atom is 0.278 e. The Morgan fingerprint density at radius 3 is 2.04 bits per heavy atom. The lowest BCUT2D eigenvalue weighted by atomic mass is 10.1. The Kier molecular flexibility index (Phi) is 5.27. The van der Waals surface area contributed by atoms with Crippen LogP contribution >= 0.6 is 0 Å². The highest BCUT2D eigenvalue weighted by Gasteiger charge is 2.19. The molecule has 0 heterocycles. The highest BCUT2D eigenvalue weighted by Crippen LogP contribution is 2.22. The van der Waals surface area contributed by atoms with Gasteiger partial charge in [-0.1, -0.05) is 12.1 Å². The molecule has 0 radical (unpaired) electrons. The van der Waals surface area contributed by atoms with Crippen molar-refractivity contribution < 1.29 is 19.6 Å². The van der Waals surface area contributed by atoms with E-state index in [-0.39, 0.29) is 16.8 Å². The van der Waals surface area contributed by atoms with Crippen LogP contribution in [0.3, 0.4) is 0 Å². The Balaban J connectivity index is 2.24. The molecular weight excluding hydrogens is 350 g/mol. The zero-order chi connectivity index (χ0) is 19.3. The van der Waals surface area contributed by atoms with Gasteiger partial charge in [0.15, 0.2) is 0 Å². The average Bonchev–Trinajstić information content (AvgIpc) is 2.61. The number of benzene rings is 2. The lowest BCUT2D eigenvalue weighted by Gasteiger charge is -2.01. The van der Waals surface area contributed by atoms with Gasteiger partial charge in [-0.25, -0.2) is 5.43 Å². The lowest BCUT2D eigenvalue weighted by molar-refractivity contribution is -0.394. The summed E-state index contributed by atoms with van der Waals surface area (Å²) < 4.78 is 0. The minimum absolute atomic E-state index is 0.114. The molecule has 0 spiro atoms. The van der Waals surface area contributed by atoms with Crippen molar-refractivity contribution in [2.45, 2.75) is 0 Å². The number of hydrogen-bond acceptors (Lipinski definition) is 8. The molecule has 0 aliphatic rings. The van der Waals surface area contributed by atoms with Gasteiger partial charge >= 0.3 is 0 Å². The monoisotopic (exact) mass is 359 g/mol. The lowest BCUT2D eigenvalue weighted by Crippen LogP contribution is -2.18. The first-order chi connectivity index (χ1) is 12.3. The van der Waals surface area contributed by atoms with Crippen LogP contribution < -0.4 is 5.43 Å². The highest BCUT2D eigenvalue weighted by molar-refractivity contribution is 5.96. The van der Waals surface area contributed by atoms with Crippen LogP contribution in [0.4, 0.5) is 17.1 Å². The summed E-state index contributed by atoms with van der Waals surface area (Å²) in [4.78, 5) is 42.1. The van der Waals surface area contributed by atoms with Crippen molar-refractivity contribution in [1.82, 2.24) is 5.43 Å². The minimum atomic E-state index is -0.952. The zero-order valence-electron chi connectivity index (χ0n) is 12.8. The predicted molar refractivity (Wildman–Crippen MR) is 87.9 cm³/mol. The number of non-ortho nitro benzene ring substituents is 2. The molecule has 0 aromatic heterocycles. The summed E-state index contributed by atoms with van der Waals surface area (Å²) in [6.07, 6.45) is 1.02. The van der Waals surface area contributed by atoms with E-state index in [4.69, 9.17) is 0 Å². The molecule has 132 valence electrons. The van der Waals surface area contributed by atoms with Crippen molar-refractivity contribution in [2.24, 2.45) is 5.10 Å². The van der Waals surface area contributed by atoms with E-state index in [9.17, 15) is 35.1 Å². The van der Waals surface area contributed by atoms with E-state index in [0.717, 1.165) is 18.3 Å². The summed E-state index contributed by atoms with van der Waals surface area (Å²) in [5.41, 5.74) is 0.262. The van der Waals surface area contributed by atoms with Gasteiger partial charge in [0, 0.05) is 18.2 Å². The number of nitro benzene ring substituents is 3. The van der Waals surface area contributed by atoms with Crippen molar-refractivity contribution in [3.8, 4) is 0 Å². The molecule has 2 aromatic rings. The van der Waals surface area contributed by atoms with Gasteiger partial charge in [-0.2, -0.15) is 5.10 Å². The second kappa shape index (κ2) is 7.57. The number of nitro groups is 3. The first-order valence-corrected chi connectivity index (χ1v) is 6.80. The molecule has 0 aliphatic carbocycles. The molecule has 0 atom stereocenters. The van der Waals surface area contributed by atoms with Crippen LogP contribution in [-0.4, -0.2) is 26.9 Å². The molecule has 0 unspecified atom stereocenters. The first kappa shape index (κ1) is 18.1. The molecule has 1 amide bonds. The largest absolute Gasteiger partial charge is 0.278 e. The molecule has 12 nitrogen and oxygen atoms in total. The van der Waals surface area contributed by atoms with E-state index < -0.39 is 32.1 Å². The molecule has 26 heavy (non-hydrogen) atoms. The van der Waals surface area contributed by atoms with Crippen molar-refractivity contribution in [3.05, 3.63) is 83.9 Å². The quantitative estimate of drug-likeness (QED) is 0.467. The van der Waals surface area contributed by atoms with Crippen molar-refractivity contribution in [2.75, 3.05) is 0 Å². The Labute approximate surface area is 144 Å². The van der Waals surface area contributed by atoms with Crippen LogP contribution in [0.2, 0.25) is 0 Å². The van der Waals surface area contributed by atoms with E-state index in [1.165, 1.54) is 24.3 Å². The number of para-hydroxylation sites is 1. The van der Waals surface area contributed by atoms with Crippen molar-refractivity contribution >= 4 is 29.2 Å². The topological polar surface area (TPSA) is 171 Å². The number of carbonyl (C=O) groups is 1. The van der Waals surface area contributed by atoms with Gasteiger partial charge in [-0.15, -0.1) is 0 Å². The third-order valence-corrected chi connectivity index (χ3v) is 3.09. The molecule has 2 aromatic carbocycles. The van der Waals surface area contributed by atoms with Crippen LogP contribution in [0.25, 0.3) is 0 Å². The second-order valence-electron chi connectivity index (χ2n) is 4.77. The molecule has 0 saturated heterocycles.